The standard InChI is InChI=1S/C23H14ClNO7/c1-13-15(5-4-7-18(13)25(28)29)23(27)31-14-9-10-16-20(11-14)30-12-21(22(16)26)32-19-8-3-2-6-17(19)24/h2-12H,1H3. The summed E-state index contributed by atoms with van der Waals surface area (Å²) in [5.41, 5.74) is -0.198. The van der Waals surface area contributed by atoms with Crippen LogP contribution in [0.5, 0.6) is 17.2 Å². The lowest BCUT2D eigenvalue weighted by atomic mass is 10.1. The summed E-state index contributed by atoms with van der Waals surface area (Å²) in [7, 11) is 0. The Bertz CT molecular complexity index is 1430. The fraction of sp³-hybridized carbons (Fsp3) is 0.0435. The molecule has 1 aromatic heterocycles. The van der Waals surface area contributed by atoms with E-state index in [2.05, 4.69) is 0 Å². The zero-order valence-electron chi connectivity index (χ0n) is 16.5. The van der Waals surface area contributed by atoms with Gasteiger partial charge in [-0.25, -0.2) is 4.79 Å². The normalized spacial score (nSPS) is 10.7. The van der Waals surface area contributed by atoms with Crippen LogP contribution in [0.4, 0.5) is 5.69 Å². The number of carbonyl (C=O) groups is 1. The van der Waals surface area contributed by atoms with Crippen molar-refractivity contribution in [3.05, 3.63) is 103 Å². The van der Waals surface area contributed by atoms with Gasteiger partial charge in [-0.3, -0.25) is 14.9 Å². The molecule has 0 aliphatic carbocycles. The van der Waals surface area contributed by atoms with Gasteiger partial charge < -0.3 is 13.9 Å². The molecule has 0 bridgehead atoms. The van der Waals surface area contributed by atoms with Crippen molar-refractivity contribution in [2.45, 2.75) is 6.92 Å². The average Bonchev–Trinajstić information content (AvgIpc) is 2.77. The summed E-state index contributed by atoms with van der Waals surface area (Å²) in [6.45, 7) is 1.47. The highest BCUT2D eigenvalue weighted by Gasteiger charge is 2.20. The highest BCUT2D eigenvalue weighted by Crippen LogP contribution is 2.29. The maximum Gasteiger partial charge on any atom is 0.344 e. The van der Waals surface area contributed by atoms with Crippen molar-refractivity contribution in [2.75, 3.05) is 0 Å². The van der Waals surface area contributed by atoms with Crippen LogP contribution in [0.1, 0.15) is 15.9 Å². The van der Waals surface area contributed by atoms with E-state index in [0.29, 0.717) is 10.8 Å². The SMILES string of the molecule is Cc1c(C(=O)Oc2ccc3c(=O)c(Oc4ccccc4Cl)coc3c2)cccc1[N+](=O)[O-]. The Hall–Kier alpha value is -4.17. The molecular weight excluding hydrogens is 438 g/mol. The van der Waals surface area contributed by atoms with Crippen molar-refractivity contribution < 1.29 is 23.6 Å². The second kappa shape index (κ2) is 8.52. The van der Waals surface area contributed by atoms with E-state index in [-0.39, 0.29) is 39.3 Å². The maximum absolute atomic E-state index is 12.7. The zero-order chi connectivity index (χ0) is 22.8. The number of esters is 1. The molecule has 8 nitrogen and oxygen atoms in total. The third-order valence-electron chi connectivity index (χ3n) is 4.70. The summed E-state index contributed by atoms with van der Waals surface area (Å²) in [5, 5.41) is 11.6. The molecule has 160 valence electrons. The number of ether oxygens (including phenoxy) is 2. The van der Waals surface area contributed by atoms with Gasteiger partial charge in [0.05, 0.1) is 20.9 Å². The van der Waals surface area contributed by atoms with Gasteiger partial charge in [0.2, 0.25) is 11.2 Å². The number of nitro groups is 1. The lowest BCUT2D eigenvalue weighted by Gasteiger charge is -2.09. The summed E-state index contributed by atoms with van der Waals surface area (Å²) in [4.78, 5) is 35.8. The van der Waals surface area contributed by atoms with Crippen LogP contribution in [-0.2, 0) is 0 Å². The van der Waals surface area contributed by atoms with Crippen LogP contribution in [0.25, 0.3) is 11.0 Å². The van der Waals surface area contributed by atoms with Gasteiger partial charge in [-0.05, 0) is 37.3 Å². The molecule has 0 atom stereocenters. The van der Waals surface area contributed by atoms with Gasteiger partial charge in [-0.2, -0.15) is 0 Å². The molecule has 0 radical (unpaired) electrons. The number of hydrogen-bond acceptors (Lipinski definition) is 7. The van der Waals surface area contributed by atoms with E-state index >= 15 is 0 Å². The Morgan fingerprint density at radius 2 is 1.84 bits per heavy atom. The van der Waals surface area contributed by atoms with Crippen LogP contribution in [0, 0.1) is 17.0 Å². The number of halogens is 1. The Morgan fingerprint density at radius 3 is 2.59 bits per heavy atom. The fourth-order valence-corrected chi connectivity index (χ4v) is 3.25. The third kappa shape index (κ3) is 4.03. The summed E-state index contributed by atoms with van der Waals surface area (Å²) in [5.74, 6) is -0.413. The third-order valence-corrected chi connectivity index (χ3v) is 5.02. The van der Waals surface area contributed by atoms with Gasteiger partial charge in [0.15, 0.2) is 0 Å². The monoisotopic (exact) mass is 451 g/mol. The molecular formula is C23H14ClNO7. The van der Waals surface area contributed by atoms with Gasteiger partial charge in [0.1, 0.15) is 23.3 Å². The van der Waals surface area contributed by atoms with Crippen LogP contribution >= 0.6 is 11.6 Å². The summed E-state index contributed by atoms with van der Waals surface area (Å²) in [6, 6.07) is 15.1. The molecule has 0 aliphatic heterocycles. The van der Waals surface area contributed by atoms with Crippen molar-refractivity contribution in [1.82, 2.24) is 0 Å². The molecule has 9 heteroatoms. The zero-order valence-corrected chi connectivity index (χ0v) is 17.3. The first-order valence-electron chi connectivity index (χ1n) is 9.29. The maximum atomic E-state index is 12.7. The van der Waals surface area contributed by atoms with E-state index in [1.54, 1.807) is 24.3 Å². The number of rotatable bonds is 5. The molecule has 0 amide bonds. The first-order valence-corrected chi connectivity index (χ1v) is 9.67. The Balaban J connectivity index is 1.62. The van der Waals surface area contributed by atoms with Gasteiger partial charge in [0.25, 0.3) is 5.69 Å². The lowest BCUT2D eigenvalue weighted by molar-refractivity contribution is -0.385. The first-order chi connectivity index (χ1) is 15.3. The molecule has 0 saturated heterocycles. The molecule has 4 rings (SSSR count). The predicted molar refractivity (Wildman–Crippen MR) is 117 cm³/mol. The van der Waals surface area contributed by atoms with E-state index in [4.69, 9.17) is 25.5 Å². The van der Waals surface area contributed by atoms with E-state index in [1.807, 2.05) is 0 Å². The van der Waals surface area contributed by atoms with Crippen molar-refractivity contribution in [1.29, 1.82) is 0 Å². The minimum Gasteiger partial charge on any atom is -0.460 e. The number of benzene rings is 3. The summed E-state index contributed by atoms with van der Waals surface area (Å²) in [6.07, 6.45) is 1.14. The van der Waals surface area contributed by atoms with Crippen molar-refractivity contribution in [3.8, 4) is 17.2 Å². The van der Waals surface area contributed by atoms with E-state index in [1.165, 1.54) is 43.3 Å². The summed E-state index contributed by atoms with van der Waals surface area (Å²) >= 11 is 6.06. The minimum absolute atomic E-state index is 0.0532. The number of fused-ring (bicyclic) bond motifs is 1. The van der Waals surface area contributed by atoms with E-state index in [0.717, 1.165) is 6.26 Å². The Labute approximate surface area is 185 Å². The van der Waals surface area contributed by atoms with Crippen molar-refractivity contribution >= 4 is 34.2 Å². The molecule has 1 heterocycles. The van der Waals surface area contributed by atoms with Crippen molar-refractivity contribution in [2.24, 2.45) is 0 Å². The molecule has 0 spiro atoms. The Morgan fingerprint density at radius 1 is 1.06 bits per heavy atom. The molecule has 32 heavy (non-hydrogen) atoms. The van der Waals surface area contributed by atoms with Crippen LogP contribution in [0.15, 0.2) is 76.1 Å². The average molecular weight is 452 g/mol. The van der Waals surface area contributed by atoms with Gasteiger partial charge in [0, 0.05) is 17.7 Å². The number of nitro benzene ring substituents is 1. The van der Waals surface area contributed by atoms with Crippen LogP contribution in [-0.4, -0.2) is 10.9 Å². The fourth-order valence-electron chi connectivity index (χ4n) is 3.08. The molecule has 0 saturated carbocycles. The molecule has 4 aromatic rings. The highest BCUT2D eigenvalue weighted by atomic mass is 35.5. The molecule has 0 aliphatic rings. The van der Waals surface area contributed by atoms with Crippen LogP contribution in [0.2, 0.25) is 5.02 Å². The largest absolute Gasteiger partial charge is 0.460 e. The number of para-hydroxylation sites is 1. The number of hydrogen-bond donors (Lipinski definition) is 0. The Kier molecular flexibility index (Phi) is 5.61. The molecule has 0 unspecified atom stereocenters. The van der Waals surface area contributed by atoms with Gasteiger partial charge in [-0.15, -0.1) is 0 Å². The smallest absolute Gasteiger partial charge is 0.344 e. The summed E-state index contributed by atoms with van der Waals surface area (Å²) < 4.78 is 16.4. The minimum atomic E-state index is -0.772. The molecule has 0 fully saturated rings. The van der Waals surface area contributed by atoms with Gasteiger partial charge >= 0.3 is 5.97 Å². The quantitative estimate of drug-likeness (QED) is 0.166. The molecule has 0 N–H and O–H groups in total. The van der Waals surface area contributed by atoms with Crippen LogP contribution < -0.4 is 14.9 Å². The first kappa shape index (κ1) is 21.1. The second-order valence-electron chi connectivity index (χ2n) is 6.72. The van der Waals surface area contributed by atoms with Crippen molar-refractivity contribution in [3.63, 3.8) is 0 Å². The predicted octanol–water partition coefficient (Wildman–Crippen LogP) is 5.67. The lowest BCUT2D eigenvalue weighted by Crippen LogP contribution is -2.11. The number of nitrogens with zero attached hydrogens (tertiary/aromatic N) is 1. The topological polar surface area (TPSA) is 109 Å². The van der Waals surface area contributed by atoms with E-state index in [9.17, 15) is 19.7 Å². The van der Waals surface area contributed by atoms with Gasteiger partial charge in [-0.1, -0.05) is 29.8 Å². The van der Waals surface area contributed by atoms with Crippen LogP contribution in [0.3, 0.4) is 0 Å². The number of carbonyl (C=O) groups excluding carboxylic acids is 1. The highest BCUT2D eigenvalue weighted by molar-refractivity contribution is 6.32. The van der Waals surface area contributed by atoms with E-state index < -0.39 is 16.3 Å². The molecule has 3 aromatic carbocycles. The second-order valence-corrected chi connectivity index (χ2v) is 7.12.